The highest BCUT2D eigenvalue weighted by Gasteiger charge is 2.27. The normalized spacial score (nSPS) is 12.0. The molecule has 2 aromatic rings. The van der Waals surface area contributed by atoms with Gasteiger partial charge in [0.2, 0.25) is 11.8 Å². The fraction of sp³-hybridized carbons (Fsp3) is 0.455. The molecular weight excluding hydrogens is 204 g/mol. The molecule has 0 aliphatic carbocycles. The molecule has 2 N–H and O–H groups in total. The van der Waals surface area contributed by atoms with E-state index in [-0.39, 0.29) is 5.54 Å². The van der Waals surface area contributed by atoms with Crippen molar-refractivity contribution >= 4 is 16.9 Å². The molecule has 5 nitrogen and oxygen atoms in total. The van der Waals surface area contributed by atoms with Gasteiger partial charge in [0.25, 0.3) is 0 Å². The summed E-state index contributed by atoms with van der Waals surface area (Å²) in [7, 11) is 1.61. The Labute approximate surface area is 94.4 Å². The molecule has 86 valence electrons. The molecule has 2 rings (SSSR count). The lowest BCUT2D eigenvalue weighted by atomic mass is 10.1. The number of nitrogens with two attached hydrogens (primary N) is 1. The Morgan fingerprint density at radius 2 is 2.12 bits per heavy atom. The van der Waals surface area contributed by atoms with Crippen LogP contribution < -0.4 is 15.1 Å². The van der Waals surface area contributed by atoms with Gasteiger partial charge in [-0.15, -0.1) is 4.98 Å². The second-order valence-electron chi connectivity index (χ2n) is 4.74. The van der Waals surface area contributed by atoms with Crippen molar-refractivity contribution in [2.75, 3.05) is 12.8 Å². The number of nitrogen functional groups attached to an aromatic ring is 1. The van der Waals surface area contributed by atoms with Crippen LogP contribution in [0.1, 0.15) is 20.8 Å². The van der Waals surface area contributed by atoms with E-state index in [2.05, 4.69) is 25.8 Å². The minimum atomic E-state index is -0.0666. The van der Waals surface area contributed by atoms with Crippen LogP contribution in [-0.2, 0) is 5.54 Å². The van der Waals surface area contributed by atoms with Crippen molar-refractivity contribution in [3.8, 4) is 0 Å². The maximum atomic E-state index is 5.94. The summed E-state index contributed by atoms with van der Waals surface area (Å²) in [5.74, 6) is 0. The fourth-order valence-electron chi connectivity index (χ4n) is 1.71. The molecule has 0 aromatic carbocycles. The van der Waals surface area contributed by atoms with Gasteiger partial charge >= 0.3 is 5.65 Å². The highest BCUT2D eigenvalue weighted by molar-refractivity contribution is 5.81. The average molecular weight is 221 g/mol. The van der Waals surface area contributed by atoms with E-state index in [9.17, 15) is 0 Å². The van der Waals surface area contributed by atoms with Crippen molar-refractivity contribution in [3.05, 3.63) is 18.6 Å². The van der Waals surface area contributed by atoms with E-state index in [1.165, 1.54) is 0 Å². The minimum absolute atomic E-state index is 0.0666. The Bertz CT molecular complexity index is 524. The molecule has 0 aliphatic heterocycles. The van der Waals surface area contributed by atoms with Crippen LogP contribution in [0.2, 0.25) is 0 Å². The fourth-order valence-corrected chi connectivity index (χ4v) is 1.71. The van der Waals surface area contributed by atoms with Crippen molar-refractivity contribution in [1.82, 2.24) is 9.71 Å². The second-order valence-corrected chi connectivity index (χ2v) is 4.74. The zero-order chi connectivity index (χ0) is 11.9. The first-order chi connectivity index (χ1) is 7.45. The first kappa shape index (κ1) is 10.7. The Morgan fingerprint density at radius 3 is 2.69 bits per heavy atom. The number of fused-ring (bicyclic) bond motifs is 1. The number of hydrogen-bond donors (Lipinski definition) is 1. The van der Waals surface area contributed by atoms with E-state index in [0.29, 0.717) is 5.69 Å². The van der Waals surface area contributed by atoms with Gasteiger partial charge in [-0.3, -0.25) is 0 Å². The number of rotatable bonds is 1. The summed E-state index contributed by atoms with van der Waals surface area (Å²) >= 11 is 0. The molecule has 0 unspecified atom stereocenters. The molecule has 0 radical (unpaired) electrons. The zero-order valence-electron chi connectivity index (χ0n) is 10.1. The monoisotopic (exact) mass is 221 g/mol. The van der Waals surface area contributed by atoms with E-state index >= 15 is 0 Å². The van der Waals surface area contributed by atoms with E-state index in [1.807, 2.05) is 10.9 Å². The molecule has 0 amide bonds. The van der Waals surface area contributed by atoms with Crippen LogP contribution in [0, 0.1) is 0 Å². The summed E-state index contributed by atoms with van der Waals surface area (Å²) < 4.78 is 3.69. The van der Waals surface area contributed by atoms with Crippen molar-refractivity contribution in [3.63, 3.8) is 0 Å². The molecule has 2 heterocycles. The topological polar surface area (TPSA) is 57.0 Å². The minimum Gasteiger partial charge on any atom is -0.395 e. The second kappa shape index (κ2) is 3.37. The van der Waals surface area contributed by atoms with Crippen LogP contribution >= 0.6 is 0 Å². The number of hydrogen-bond acceptors (Lipinski definition) is 3. The number of nitrogens with zero attached hydrogens (tertiary/aromatic N) is 3. The standard InChI is InChI=1S/C11H17N4O/c1-11(2,3)14-7-15(16-4)9-8(12)5-6-13-10(9)14/h5-7H,1-4H3,(H2,12,13)/q+1. The Balaban J connectivity index is 2.84. The van der Waals surface area contributed by atoms with Crippen molar-refractivity contribution < 1.29 is 9.40 Å². The first-order valence-electron chi connectivity index (χ1n) is 5.17. The quantitative estimate of drug-likeness (QED) is 0.722. The third-order valence-corrected chi connectivity index (χ3v) is 2.52. The van der Waals surface area contributed by atoms with Gasteiger partial charge in [-0.1, -0.05) is 4.73 Å². The van der Waals surface area contributed by atoms with E-state index in [4.69, 9.17) is 10.6 Å². The van der Waals surface area contributed by atoms with Gasteiger partial charge in [-0.2, -0.15) is 0 Å². The van der Waals surface area contributed by atoms with Crippen LogP contribution in [0.25, 0.3) is 11.2 Å². The highest BCUT2D eigenvalue weighted by Crippen LogP contribution is 2.18. The number of aromatic nitrogens is 3. The van der Waals surface area contributed by atoms with Gasteiger partial charge in [0.1, 0.15) is 13.3 Å². The Kier molecular flexibility index (Phi) is 2.26. The molecule has 0 bridgehead atoms. The molecule has 2 aromatic heterocycles. The molecule has 5 heteroatoms. The van der Waals surface area contributed by atoms with E-state index < -0.39 is 0 Å². The summed E-state index contributed by atoms with van der Waals surface area (Å²) in [6.45, 7) is 6.33. The van der Waals surface area contributed by atoms with Gasteiger partial charge in [-0.25, -0.2) is 4.57 Å². The lowest BCUT2D eigenvalue weighted by molar-refractivity contribution is -0.733. The molecule has 0 saturated heterocycles. The largest absolute Gasteiger partial charge is 0.395 e. The average Bonchev–Trinajstić information content (AvgIpc) is 2.57. The summed E-state index contributed by atoms with van der Waals surface area (Å²) in [5.41, 5.74) is 8.16. The molecule has 0 aliphatic rings. The molecule has 0 fully saturated rings. The smallest absolute Gasteiger partial charge is 0.308 e. The van der Waals surface area contributed by atoms with Crippen LogP contribution in [0.4, 0.5) is 5.69 Å². The maximum Gasteiger partial charge on any atom is 0.308 e. The van der Waals surface area contributed by atoms with E-state index in [1.54, 1.807) is 24.1 Å². The number of pyridine rings is 1. The molecule has 16 heavy (non-hydrogen) atoms. The van der Waals surface area contributed by atoms with Gasteiger partial charge in [0.15, 0.2) is 0 Å². The summed E-state index contributed by atoms with van der Waals surface area (Å²) in [5, 5.41) is 0. The molecule has 0 atom stereocenters. The lowest BCUT2D eigenvalue weighted by Crippen LogP contribution is -2.49. The third kappa shape index (κ3) is 1.48. The summed E-state index contributed by atoms with van der Waals surface area (Å²) in [6.07, 6.45) is 3.58. The van der Waals surface area contributed by atoms with Gasteiger partial charge in [-0.05, 0) is 20.8 Å². The van der Waals surface area contributed by atoms with Crippen LogP contribution in [0.15, 0.2) is 18.6 Å². The molecular formula is C11H17N4O+. The van der Waals surface area contributed by atoms with Crippen LogP contribution in [0.5, 0.6) is 0 Å². The highest BCUT2D eigenvalue weighted by atomic mass is 16.6. The lowest BCUT2D eigenvalue weighted by Gasteiger charge is -2.15. The van der Waals surface area contributed by atoms with E-state index in [0.717, 1.165) is 11.2 Å². The molecule has 0 saturated carbocycles. The SMILES string of the molecule is COn1c[n+](C(C)(C)C)c2nccc(N)c21. The summed E-state index contributed by atoms with van der Waals surface area (Å²) in [6, 6.07) is 1.77. The number of imidazole rings is 1. The van der Waals surface area contributed by atoms with Crippen LogP contribution in [0.3, 0.4) is 0 Å². The predicted molar refractivity (Wildman–Crippen MR) is 61.8 cm³/mol. The molecule has 0 spiro atoms. The predicted octanol–water partition coefficient (Wildman–Crippen LogP) is 0.719. The van der Waals surface area contributed by atoms with Gasteiger partial charge in [0.05, 0.1) is 11.2 Å². The maximum absolute atomic E-state index is 5.94. The van der Waals surface area contributed by atoms with Crippen molar-refractivity contribution in [2.45, 2.75) is 26.3 Å². The van der Waals surface area contributed by atoms with Gasteiger partial charge < -0.3 is 10.6 Å². The van der Waals surface area contributed by atoms with Crippen LogP contribution in [-0.4, -0.2) is 16.8 Å². The van der Waals surface area contributed by atoms with Crippen molar-refractivity contribution in [1.29, 1.82) is 0 Å². The first-order valence-corrected chi connectivity index (χ1v) is 5.17. The van der Waals surface area contributed by atoms with Gasteiger partial charge in [0, 0.05) is 6.07 Å². The Hall–Kier alpha value is -1.78. The number of anilines is 1. The Morgan fingerprint density at radius 1 is 1.44 bits per heavy atom. The summed E-state index contributed by atoms with van der Waals surface area (Å²) in [4.78, 5) is 9.62. The zero-order valence-corrected chi connectivity index (χ0v) is 10.1. The van der Waals surface area contributed by atoms with Crippen molar-refractivity contribution in [2.24, 2.45) is 0 Å². The third-order valence-electron chi connectivity index (χ3n) is 2.52.